The van der Waals surface area contributed by atoms with E-state index >= 15 is 0 Å². The van der Waals surface area contributed by atoms with Gasteiger partial charge in [0, 0.05) is 19.4 Å². The summed E-state index contributed by atoms with van der Waals surface area (Å²) in [4.78, 5) is 22.3. The molecule has 4 heteroatoms. The van der Waals surface area contributed by atoms with Crippen LogP contribution in [0, 0.1) is 0 Å². The van der Waals surface area contributed by atoms with Crippen LogP contribution in [-0.4, -0.2) is 18.2 Å². The molecule has 0 aliphatic carbocycles. The summed E-state index contributed by atoms with van der Waals surface area (Å²) < 4.78 is 10.2. The van der Waals surface area contributed by atoms with Crippen molar-refractivity contribution in [3.63, 3.8) is 0 Å². The molecule has 0 aliphatic heterocycles. The van der Waals surface area contributed by atoms with Gasteiger partial charge in [0.25, 0.3) is 6.29 Å². The zero-order valence-corrected chi connectivity index (χ0v) is 13.0. The molecule has 0 radical (unpaired) electrons. The number of carbonyl (C=O) groups excluding carboxylic acids is 2. The number of hydrogen-bond acceptors (Lipinski definition) is 4. The Bertz CT molecular complexity index is 498. The van der Waals surface area contributed by atoms with E-state index in [2.05, 4.69) is 6.92 Å². The minimum atomic E-state index is -0.962. The number of ether oxygens (including phenoxy) is 2. The van der Waals surface area contributed by atoms with Crippen LogP contribution in [0.3, 0.4) is 0 Å². The molecule has 0 saturated heterocycles. The Morgan fingerprint density at radius 2 is 1.57 bits per heavy atom. The van der Waals surface area contributed by atoms with Crippen molar-refractivity contribution in [3.05, 3.63) is 41.0 Å². The first-order chi connectivity index (χ1) is 9.96. The van der Waals surface area contributed by atoms with Crippen LogP contribution in [0.4, 0.5) is 0 Å². The first-order valence-electron chi connectivity index (χ1n) is 7.10. The molecule has 1 aromatic rings. The molecule has 0 saturated carbocycles. The van der Waals surface area contributed by atoms with Crippen LogP contribution in [0.5, 0.6) is 0 Å². The van der Waals surface area contributed by atoms with E-state index in [9.17, 15) is 9.59 Å². The van der Waals surface area contributed by atoms with Crippen molar-refractivity contribution in [2.75, 3.05) is 0 Å². The summed E-state index contributed by atoms with van der Waals surface area (Å²) in [6, 6.07) is 8.08. The standard InChI is InChI=1S/C17H22O4/c1-5-14-7-9-15(10-8-14)11-16(6-2)17(20-12(3)18)21-13(4)19/h7-11,17H,5-6H2,1-4H3. The normalized spacial score (nSPS) is 11.4. The van der Waals surface area contributed by atoms with Gasteiger partial charge in [-0.1, -0.05) is 38.1 Å². The van der Waals surface area contributed by atoms with Crippen molar-refractivity contribution in [1.82, 2.24) is 0 Å². The van der Waals surface area contributed by atoms with Crippen LogP contribution in [-0.2, 0) is 25.5 Å². The smallest absolute Gasteiger partial charge is 0.305 e. The number of benzene rings is 1. The highest BCUT2D eigenvalue weighted by atomic mass is 16.7. The van der Waals surface area contributed by atoms with E-state index in [4.69, 9.17) is 9.47 Å². The van der Waals surface area contributed by atoms with Crippen LogP contribution in [0.1, 0.15) is 45.2 Å². The molecule has 0 N–H and O–H groups in total. The van der Waals surface area contributed by atoms with Crippen LogP contribution in [0.25, 0.3) is 6.08 Å². The summed E-state index contributed by atoms with van der Waals surface area (Å²) in [5.74, 6) is -0.969. The van der Waals surface area contributed by atoms with Crippen LogP contribution in [0.15, 0.2) is 29.8 Å². The van der Waals surface area contributed by atoms with Gasteiger partial charge in [0.05, 0.1) is 0 Å². The Balaban J connectivity index is 3.01. The van der Waals surface area contributed by atoms with E-state index in [0.29, 0.717) is 6.42 Å². The summed E-state index contributed by atoms with van der Waals surface area (Å²) in [6.07, 6.45) is 2.51. The van der Waals surface area contributed by atoms with Crippen molar-refractivity contribution in [1.29, 1.82) is 0 Å². The third kappa shape index (κ3) is 5.81. The van der Waals surface area contributed by atoms with Gasteiger partial charge in [-0.05, 0) is 30.0 Å². The zero-order valence-electron chi connectivity index (χ0n) is 13.0. The Labute approximate surface area is 125 Å². The lowest BCUT2D eigenvalue weighted by Crippen LogP contribution is -2.24. The fraction of sp³-hybridized carbons (Fsp3) is 0.412. The monoisotopic (exact) mass is 290 g/mol. The molecule has 4 nitrogen and oxygen atoms in total. The minimum Gasteiger partial charge on any atom is -0.421 e. The maximum Gasteiger partial charge on any atom is 0.305 e. The molecule has 0 aliphatic rings. The Kier molecular flexibility index (Phi) is 6.66. The summed E-state index contributed by atoms with van der Waals surface area (Å²) in [6.45, 7) is 6.60. The van der Waals surface area contributed by atoms with E-state index in [1.165, 1.54) is 19.4 Å². The van der Waals surface area contributed by atoms with E-state index in [0.717, 1.165) is 17.6 Å². The van der Waals surface area contributed by atoms with E-state index in [1.54, 1.807) is 0 Å². The topological polar surface area (TPSA) is 52.6 Å². The summed E-state index contributed by atoms with van der Waals surface area (Å²) in [7, 11) is 0. The number of carbonyl (C=O) groups is 2. The van der Waals surface area contributed by atoms with Gasteiger partial charge in [-0.2, -0.15) is 0 Å². The zero-order chi connectivity index (χ0) is 15.8. The lowest BCUT2D eigenvalue weighted by molar-refractivity contribution is -0.178. The maximum absolute atomic E-state index is 11.2. The average molecular weight is 290 g/mol. The van der Waals surface area contributed by atoms with E-state index in [1.807, 2.05) is 37.3 Å². The Morgan fingerprint density at radius 1 is 1.05 bits per heavy atom. The molecule has 1 aromatic carbocycles. The second kappa shape index (κ2) is 8.25. The lowest BCUT2D eigenvalue weighted by Gasteiger charge is -2.19. The minimum absolute atomic E-state index is 0.484. The van der Waals surface area contributed by atoms with Crippen molar-refractivity contribution < 1.29 is 19.1 Å². The molecule has 0 atom stereocenters. The molecule has 114 valence electrons. The van der Waals surface area contributed by atoms with Crippen molar-refractivity contribution in [3.8, 4) is 0 Å². The van der Waals surface area contributed by atoms with Gasteiger partial charge in [-0.15, -0.1) is 0 Å². The second-order valence-corrected chi connectivity index (χ2v) is 4.72. The molecule has 0 fully saturated rings. The first kappa shape index (κ1) is 17.0. The average Bonchev–Trinajstić information content (AvgIpc) is 2.43. The fourth-order valence-electron chi connectivity index (χ4n) is 1.88. The maximum atomic E-state index is 11.2. The quantitative estimate of drug-likeness (QED) is 0.594. The highest BCUT2D eigenvalue weighted by Crippen LogP contribution is 2.18. The number of aryl methyl sites for hydroxylation is 1. The van der Waals surface area contributed by atoms with Gasteiger partial charge in [-0.3, -0.25) is 9.59 Å². The molecule has 0 unspecified atom stereocenters. The number of hydrogen-bond donors (Lipinski definition) is 0. The molecular weight excluding hydrogens is 268 g/mol. The van der Waals surface area contributed by atoms with Gasteiger partial charge in [0.2, 0.25) is 0 Å². The van der Waals surface area contributed by atoms with Gasteiger partial charge in [0.15, 0.2) is 0 Å². The molecule has 21 heavy (non-hydrogen) atoms. The largest absolute Gasteiger partial charge is 0.421 e. The van der Waals surface area contributed by atoms with E-state index in [-0.39, 0.29) is 0 Å². The highest BCUT2D eigenvalue weighted by Gasteiger charge is 2.19. The summed E-state index contributed by atoms with van der Waals surface area (Å²) in [5, 5.41) is 0. The summed E-state index contributed by atoms with van der Waals surface area (Å²) >= 11 is 0. The third-order valence-corrected chi connectivity index (χ3v) is 3.00. The van der Waals surface area contributed by atoms with Gasteiger partial charge in [-0.25, -0.2) is 0 Å². The van der Waals surface area contributed by atoms with Crippen molar-refractivity contribution >= 4 is 18.0 Å². The van der Waals surface area contributed by atoms with Crippen molar-refractivity contribution in [2.24, 2.45) is 0 Å². The second-order valence-electron chi connectivity index (χ2n) is 4.72. The highest BCUT2D eigenvalue weighted by molar-refractivity contribution is 5.69. The first-order valence-corrected chi connectivity index (χ1v) is 7.10. The molecule has 0 heterocycles. The molecule has 1 rings (SSSR count). The molecule has 0 bridgehead atoms. The Hall–Kier alpha value is -2.10. The third-order valence-electron chi connectivity index (χ3n) is 3.00. The van der Waals surface area contributed by atoms with Crippen molar-refractivity contribution in [2.45, 2.75) is 46.8 Å². The lowest BCUT2D eigenvalue weighted by atomic mass is 10.1. The molecule has 0 amide bonds. The van der Waals surface area contributed by atoms with Crippen LogP contribution in [0.2, 0.25) is 0 Å². The van der Waals surface area contributed by atoms with Gasteiger partial charge < -0.3 is 9.47 Å². The van der Waals surface area contributed by atoms with Crippen LogP contribution < -0.4 is 0 Å². The molecule has 0 spiro atoms. The number of rotatable bonds is 6. The predicted molar refractivity (Wildman–Crippen MR) is 81.4 cm³/mol. The number of esters is 2. The Morgan fingerprint density at radius 3 is 1.95 bits per heavy atom. The van der Waals surface area contributed by atoms with Gasteiger partial charge >= 0.3 is 11.9 Å². The predicted octanol–water partition coefficient (Wildman–Crippen LogP) is 3.49. The van der Waals surface area contributed by atoms with Gasteiger partial charge in [0.1, 0.15) is 0 Å². The molecule has 0 aromatic heterocycles. The van der Waals surface area contributed by atoms with Crippen LogP contribution >= 0.6 is 0 Å². The molecular formula is C17H22O4. The SMILES string of the molecule is CCC(=Cc1ccc(CC)cc1)C(OC(C)=O)OC(C)=O. The summed E-state index contributed by atoms with van der Waals surface area (Å²) in [5.41, 5.74) is 2.97. The van der Waals surface area contributed by atoms with E-state index < -0.39 is 18.2 Å². The fourth-order valence-corrected chi connectivity index (χ4v) is 1.88.